The van der Waals surface area contributed by atoms with E-state index in [1.54, 1.807) is 6.20 Å². The highest BCUT2D eigenvalue weighted by Crippen LogP contribution is 2.38. The van der Waals surface area contributed by atoms with E-state index < -0.39 is 0 Å². The molecule has 2 fully saturated rings. The summed E-state index contributed by atoms with van der Waals surface area (Å²) in [7, 11) is 0. The van der Waals surface area contributed by atoms with Gasteiger partial charge in [0.25, 0.3) is 5.91 Å². The Morgan fingerprint density at radius 1 is 1.18 bits per heavy atom. The number of nitrogens with zero attached hydrogens (tertiary/aromatic N) is 6. The monoisotopic (exact) mass is 378 g/mol. The molecule has 5 rings (SSSR count). The van der Waals surface area contributed by atoms with Crippen LogP contribution in [-0.2, 0) is 6.42 Å². The van der Waals surface area contributed by atoms with Crippen molar-refractivity contribution in [2.24, 2.45) is 5.92 Å². The number of carbonyl (C=O) groups is 1. The van der Waals surface area contributed by atoms with Crippen molar-refractivity contribution in [3.05, 3.63) is 53.9 Å². The van der Waals surface area contributed by atoms with E-state index in [2.05, 4.69) is 20.3 Å². The molecule has 8 nitrogen and oxygen atoms in total. The molecule has 1 saturated heterocycles. The Labute approximate surface area is 162 Å². The van der Waals surface area contributed by atoms with Gasteiger partial charge in [-0.15, -0.1) is 5.10 Å². The molecule has 1 amide bonds. The van der Waals surface area contributed by atoms with E-state index >= 15 is 0 Å². The molecule has 8 heteroatoms. The highest BCUT2D eigenvalue weighted by molar-refractivity contribution is 5.92. The van der Waals surface area contributed by atoms with Crippen molar-refractivity contribution in [1.29, 1.82) is 0 Å². The minimum Gasteiger partial charge on any atom is -0.339 e. The molecule has 144 valence electrons. The zero-order valence-corrected chi connectivity index (χ0v) is 15.6. The normalized spacial score (nSPS) is 19.7. The fraction of sp³-hybridized carbons (Fsp3) is 0.450. The van der Waals surface area contributed by atoms with Gasteiger partial charge in [0.2, 0.25) is 5.89 Å². The highest BCUT2D eigenvalue weighted by atomic mass is 16.5. The van der Waals surface area contributed by atoms with Gasteiger partial charge in [0.1, 0.15) is 0 Å². The zero-order valence-electron chi connectivity index (χ0n) is 15.6. The molecule has 0 N–H and O–H groups in total. The number of piperidine rings is 1. The third kappa shape index (κ3) is 3.54. The second-order valence-corrected chi connectivity index (χ2v) is 7.64. The molecule has 0 radical (unpaired) electrons. The van der Waals surface area contributed by atoms with E-state index in [0.29, 0.717) is 30.0 Å². The summed E-state index contributed by atoms with van der Waals surface area (Å²) in [5.74, 6) is 2.28. The number of amides is 1. The van der Waals surface area contributed by atoms with Crippen molar-refractivity contribution < 1.29 is 9.32 Å². The highest BCUT2D eigenvalue weighted by Gasteiger charge is 2.31. The van der Waals surface area contributed by atoms with Gasteiger partial charge in [0, 0.05) is 25.4 Å². The predicted octanol–water partition coefficient (Wildman–Crippen LogP) is 2.62. The van der Waals surface area contributed by atoms with Crippen LogP contribution in [0.3, 0.4) is 0 Å². The summed E-state index contributed by atoms with van der Waals surface area (Å²) in [5, 5.41) is 12.7. The molecule has 1 saturated carbocycles. The smallest absolute Gasteiger partial charge is 0.276 e. The Hall–Kier alpha value is -3.03. The van der Waals surface area contributed by atoms with E-state index in [-0.39, 0.29) is 5.91 Å². The summed E-state index contributed by atoms with van der Waals surface area (Å²) in [5.41, 5.74) is 1.21. The largest absolute Gasteiger partial charge is 0.339 e. The Bertz CT molecular complexity index is 962. The van der Waals surface area contributed by atoms with Gasteiger partial charge < -0.3 is 9.42 Å². The molecule has 1 aromatic carbocycles. The maximum Gasteiger partial charge on any atom is 0.276 e. The SMILES string of the molecule is O=C(c1cnn(-c2ccccc2)n1)N1CCC[C@H](Cc2nc(C3CC3)no2)C1. The molecule has 0 unspecified atom stereocenters. The number of carbonyl (C=O) groups excluding carboxylic acids is 1. The van der Waals surface area contributed by atoms with E-state index in [1.165, 1.54) is 4.80 Å². The lowest BCUT2D eigenvalue weighted by Crippen LogP contribution is -2.40. The lowest BCUT2D eigenvalue weighted by atomic mass is 9.94. The Morgan fingerprint density at radius 2 is 2.04 bits per heavy atom. The molecular formula is C20H22N6O2. The van der Waals surface area contributed by atoms with Crippen LogP contribution < -0.4 is 0 Å². The fourth-order valence-electron chi connectivity index (χ4n) is 3.73. The third-order valence-corrected chi connectivity index (χ3v) is 5.39. The molecule has 0 bridgehead atoms. The standard InChI is InChI=1S/C20H22N6O2/c27-20(17-12-21-26(23-17)16-6-2-1-3-7-16)25-10-4-5-14(13-25)11-18-22-19(24-28-18)15-8-9-15/h1-3,6-7,12,14-15H,4-5,8-11,13H2/t14-/m1/s1. The number of hydrogen-bond acceptors (Lipinski definition) is 6. The van der Waals surface area contributed by atoms with Gasteiger partial charge in [-0.2, -0.15) is 14.9 Å². The van der Waals surface area contributed by atoms with Crippen LogP contribution in [0, 0.1) is 5.92 Å². The first-order valence-corrected chi connectivity index (χ1v) is 9.86. The first-order valence-electron chi connectivity index (χ1n) is 9.86. The first kappa shape index (κ1) is 17.1. The van der Waals surface area contributed by atoms with Crippen LogP contribution in [0.15, 0.2) is 41.1 Å². The summed E-state index contributed by atoms with van der Waals surface area (Å²) in [6.07, 6.45) is 6.61. The minimum atomic E-state index is -0.0731. The molecular weight excluding hydrogens is 356 g/mol. The van der Waals surface area contributed by atoms with Crippen LogP contribution in [0.25, 0.3) is 5.69 Å². The average molecular weight is 378 g/mol. The van der Waals surface area contributed by atoms with Gasteiger partial charge >= 0.3 is 0 Å². The van der Waals surface area contributed by atoms with Crippen LogP contribution in [0.4, 0.5) is 0 Å². The van der Waals surface area contributed by atoms with Gasteiger partial charge in [-0.3, -0.25) is 4.79 Å². The summed E-state index contributed by atoms with van der Waals surface area (Å²) in [4.78, 5) is 20.8. The van der Waals surface area contributed by atoms with E-state index in [0.717, 1.165) is 50.2 Å². The molecule has 2 aromatic heterocycles. The van der Waals surface area contributed by atoms with Crippen molar-refractivity contribution in [2.75, 3.05) is 13.1 Å². The lowest BCUT2D eigenvalue weighted by molar-refractivity contribution is 0.0661. The third-order valence-electron chi connectivity index (χ3n) is 5.39. The number of rotatable bonds is 5. The molecule has 3 aromatic rings. The quantitative estimate of drug-likeness (QED) is 0.678. The zero-order chi connectivity index (χ0) is 18.9. The molecule has 1 aliphatic carbocycles. The second-order valence-electron chi connectivity index (χ2n) is 7.64. The Morgan fingerprint density at radius 3 is 2.86 bits per heavy atom. The molecule has 28 heavy (non-hydrogen) atoms. The van der Waals surface area contributed by atoms with Crippen LogP contribution in [0.1, 0.15) is 53.8 Å². The molecule has 1 aliphatic heterocycles. The maximum atomic E-state index is 12.9. The van der Waals surface area contributed by atoms with Crippen molar-refractivity contribution in [3.63, 3.8) is 0 Å². The van der Waals surface area contributed by atoms with Crippen molar-refractivity contribution >= 4 is 5.91 Å². The number of likely N-dealkylation sites (tertiary alicyclic amines) is 1. The molecule has 0 spiro atoms. The maximum absolute atomic E-state index is 12.9. The predicted molar refractivity (Wildman–Crippen MR) is 100.0 cm³/mol. The Kier molecular flexibility index (Phi) is 4.38. The van der Waals surface area contributed by atoms with Crippen molar-refractivity contribution in [2.45, 2.75) is 38.0 Å². The minimum absolute atomic E-state index is 0.0731. The summed E-state index contributed by atoms with van der Waals surface area (Å²) in [6, 6.07) is 9.59. The van der Waals surface area contributed by atoms with E-state index in [9.17, 15) is 4.79 Å². The second kappa shape index (κ2) is 7.18. The molecule has 2 aliphatic rings. The van der Waals surface area contributed by atoms with Crippen LogP contribution in [0.2, 0.25) is 0 Å². The number of hydrogen-bond donors (Lipinski definition) is 0. The summed E-state index contributed by atoms with van der Waals surface area (Å²) < 4.78 is 5.41. The van der Waals surface area contributed by atoms with Crippen LogP contribution in [0.5, 0.6) is 0 Å². The van der Waals surface area contributed by atoms with Gasteiger partial charge in [-0.1, -0.05) is 23.4 Å². The first-order chi connectivity index (χ1) is 13.8. The van der Waals surface area contributed by atoms with Gasteiger partial charge in [-0.05, 0) is 43.7 Å². The van der Waals surface area contributed by atoms with Crippen LogP contribution >= 0.6 is 0 Å². The number of benzene rings is 1. The summed E-state index contributed by atoms with van der Waals surface area (Å²) >= 11 is 0. The van der Waals surface area contributed by atoms with E-state index in [4.69, 9.17) is 4.52 Å². The van der Waals surface area contributed by atoms with Crippen molar-refractivity contribution in [1.82, 2.24) is 30.0 Å². The molecule has 3 heterocycles. The number of aromatic nitrogens is 5. The van der Waals surface area contributed by atoms with Gasteiger partial charge in [-0.25, -0.2) is 0 Å². The number of para-hydroxylation sites is 1. The topological polar surface area (TPSA) is 89.9 Å². The average Bonchev–Trinajstić information content (AvgIpc) is 3.28. The fourth-order valence-corrected chi connectivity index (χ4v) is 3.73. The van der Waals surface area contributed by atoms with Gasteiger partial charge in [0.15, 0.2) is 11.5 Å². The lowest BCUT2D eigenvalue weighted by Gasteiger charge is -2.31. The Balaban J connectivity index is 1.24. The van der Waals surface area contributed by atoms with Gasteiger partial charge in [0.05, 0.1) is 11.9 Å². The van der Waals surface area contributed by atoms with Crippen molar-refractivity contribution in [3.8, 4) is 5.69 Å². The summed E-state index contributed by atoms with van der Waals surface area (Å²) in [6.45, 7) is 1.42. The van der Waals surface area contributed by atoms with E-state index in [1.807, 2.05) is 35.2 Å². The molecule has 1 atom stereocenters. The van der Waals surface area contributed by atoms with Crippen LogP contribution in [-0.4, -0.2) is 49.0 Å².